The molecule has 0 bridgehead atoms. The third-order valence-corrected chi connectivity index (χ3v) is 4.22. The summed E-state index contributed by atoms with van der Waals surface area (Å²) in [7, 11) is 0. The Balaban J connectivity index is 1.65. The second-order valence-electron chi connectivity index (χ2n) is 6.02. The van der Waals surface area contributed by atoms with Gasteiger partial charge in [0, 0.05) is 13.0 Å². The van der Waals surface area contributed by atoms with Crippen LogP contribution in [-0.4, -0.2) is 18.0 Å². The number of benzene rings is 1. The zero-order valence-electron chi connectivity index (χ0n) is 13.2. The van der Waals surface area contributed by atoms with Crippen molar-refractivity contribution in [2.45, 2.75) is 58.1 Å². The number of carbonyl (C=O) groups is 2. The molecule has 1 atom stereocenters. The molecule has 0 spiro atoms. The van der Waals surface area contributed by atoms with Crippen LogP contribution in [0.25, 0.3) is 0 Å². The maximum Gasteiger partial charge on any atom is 0.306 e. The van der Waals surface area contributed by atoms with Gasteiger partial charge in [0.15, 0.2) is 6.10 Å². The molecule has 1 saturated carbocycles. The van der Waals surface area contributed by atoms with Crippen LogP contribution in [0.5, 0.6) is 0 Å². The molecule has 2 rings (SSSR count). The van der Waals surface area contributed by atoms with Crippen molar-refractivity contribution in [2.75, 3.05) is 0 Å². The van der Waals surface area contributed by atoms with Crippen molar-refractivity contribution in [3.63, 3.8) is 0 Å². The van der Waals surface area contributed by atoms with E-state index in [1.165, 1.54) is 25.7 Å². The fourth-order valence-corrected chi connectivity index (χ4v) is 2.86. The lowest BCUT2D eigenvalue weighted by Crippen LogP contribution is -2.35. The molecule has 4 nitrogen and oxygen atoms in total. The SMILES string of the molecule is CC(OC(=O)CCC1CCCC1)C(=O)NCc1ccccc1. The van der Waals surface area contributed by atoms with Crippen molar-refractivity contribution in [3.8, 4) is 0 Å². The Bertz CT molecular complexity index is 480. The Morgan fingerprint density at radius 3 is 2.59 bits per heavy atom. The van der Waals surface area contributed by atoms with Crippen molar-refractivity contribution in [1.29, 1.82) is 0 Å². The van der Waals surface area contributed by atoms with E-state index in [0.29, 0.717) is 18.9 Å². The van der Waals surface area contributed by atoms with Crippen molar-refractivity contribution in [2.24, 2.45) is 5.92 Å². The van der Waals surface area contributed by atoms with Crippen LogP contribution in [0.4, 0.5) is 0 Å². The Kier molecular flexibility index (Phi) is 6.44. The lowest BCUT2D eigenvalue weighted by molar-refractivity contribution is -0.155. The number of hydrogen-bond acceptors (Lipinski definition) is 3. The van der Waals surface area contributed by atoms with E-state index < -0.39 is 6.10 Å². The fraction of sp³-hybridized carbons (Fsp3) is 0.556. The Morgan fingerprint density at radius 2 is 1.91 bits per heavy atom. The third-order valence-electron chi connectivity index (χ3n) is 4.22. The lowest BCUT2D eigenvalue weighted by Gasteiger charge is -2.14. The summed E-state index contributed by atoms with van der Waals surface area (Å²) >= 11 is 0. The molecule has 0 aromatic heterocycles. The highest BCUT2D eigenvalue weighted by atomic mass is 16.5. The van der Waals surface area contributed by atoms with E-state index in [0.717, 1.165) is 12.0 Å². The van der Waals surface area contributed by atoms with E-state index in [4.69, 9.17) is 4.74 Å². The molecule has 1 unspecified atom stereocenters. The first-order valence-electron chi connectivity index (χ1n) is 8.16. The number of carbonyl (C=O) groups excluding carboxylic acids is 2. The Morgan fingerprint density at radius 1 is 1.23 bits per heavy atom. The van der Waals surface area contributed by atoms with E-state index in [1.54, 1.807) is 6.92 Å². The van der Waals surface area contributed by atoms with Crippen molar-refractivity contribution >= 4 is 11.9 Å². The maximum atomic E-state index is 11.9. The van der Waals surface area contributed by atoms with Crippen LogP contribution >= 0.6 is 0 Å². The molecular formula is C18H25NO3. The number of rotatable bonds is 7. The molecule has 0 aliphatic heterocycles. The first kappa shape index (κ1) is 16.5. The summed E-state index contributed by atoms with van der Waals surface area (Å²) in [5, 5.41) is 2.79. The van der Waals surface area contributed by atoms with Gasteiger partial charge in [-0.3, -0.25) is 9.59 Å². The van der Waals surface area contributed by atoms with Gasteiger partial charge in [-0.15, -0.1) is 0 Å². The zero-order valence-corrected chi connectivity index (χ0v) is 13.2. The van der Waals surface area contributed by atoms with Gasteiger partial charge in [0.05, 0.1) is 0 Å². The van der Waals surface area contributed by atoms with Gasteiger partial charge < -0.3 is 10.1 Å². The number of nitrogens with one attached hydrogen (secondary N) is 1. The Labute approximate surface area is 132 Å². The van der Waals surface area contributed by atoms with Gasteiger partial charge in [0.2, 0.25) is 0 Å². The second-order valence-corrected chi connectivity index (χ2v) is 6.02. The molecule has 0 heterocycles. The number of hydrogen-bond donors (Lipinski definition) is 1. The fourth-order valence-electron chi connectivity index (χ4n) is 2.86. The van der Waals surface area contributed by atoms with Crippen molar-refractivity contribution in [1.82, 2.24) is 5.32 Å². The molecule has 1 N–H and O–H groups in total. The Hall–Kier alpha value is -1.84. The predicted octanol–water partition coefficient (Wildman–Crippen LogP) is 3.20. The van der Waals surface area contributed by atoms with E-state index in [1.807, 2.05) is 30.3 Å². The van der Waals surface area contributed by atoms with Gasteiger partial charge in [0.1, 0.15) is 0 Å². The van der Waals surface area contributed by atoms with E-state index >= 15 is 0 Å². The highest BCUT2D eigenvalue weighted by Crippen LogP contribution is 2.28. The summed E-state index contributed by atoms with van der Waals surface area (Å²) in [5.41, 5.74) is 1.02. The van der Waals surface area contributed by atoms with Crippen LogP contribution in [0.1, 0.15) is 51.0 Å². The number of amides is 1. The average Bonchev–Trinajstić information content (AvgIpc) is 3.05. The minimum absolute atomic E-state index is 0.252. The summed E-state index contributed by atoms with van der Waals surface area (Å²) in [4.78, 5) is 23.7. The standard InChI is InChI=1S/C18H25NO3/c1-14(18(21)19-13-16-9-3-2-4-10-16)22-17(20)12-11-15-7-5-6-8-15/h2-4,9-10,14-15H,5-8,11-13H2,1H3,(H,19,21). The first-order chi connectivity index (χ1) is 10.6. The molecule has 120 valence electrons. The van der Waals surface area contributed by atoms with Crippen molar-refractivity contribution < 1.29 is 14.3 Å². The van der Waals surface area contributed by atoms with Gasteiger partial charge in [-0.2, -0.15) is 0 Å². The summed E-state index contributed by atoms with van der Waals surface area (Å²) in [5.74, 6) is 0.141. The molecule has 1 aromatic rings. The highest BCUT2D eigenvalue weighted by molar-refractivity contribution is 5.83. The maximum absolute atomic E-state index is 11.9. The molecule has 1 aliphatic carbocycles. The molecule has 22 heavy (non-hydrogen) atoms. The molecule has 4 heteroatoms. The van der Waals surface area contributed by atoms with Crippen LogP contribution in [-0.2, 0) is 20.9 Å². The summed E-state index contributed by atoms with van der Waals surface area (Å²) in [6.45, 7) is 2.07. The molecule has 1 aromatic carbocycles. The minimum atomic E-state index is -0.736. The van der Waals surface area contributed by atoms with E-state index in [9.17, 15) is 9.59 Å². The van der Waals surface area contributed by atoms with Crippen LogP contribution in [0.2, 0.25) is 0 Å². The second kappa shape index (κ2) is 8.57. The lowest BCUT2D eigenvalue weighted by atomic mass is 10.0. The van der Waals surface area contributed by atoms with Gasteiger partial charge >= 0.3 is 5.97 Å². The van der Waals surface area contributed by atoms with Gasteiger partial charge in [-0.1, -0.05) is 56.0 Å². The molecular weight excluding hydrogens is 278 g/mol. The molecule has 1 aliphatic rings. The monoisotopic (exact) mass is 303 g/mol. The first-order valence-corrected chi connectivity index (χ1v) is 8.16. The van der Waals surface area contributed by atoms with Crippen LogP contribution in [0, 0.1) is 5.92 Å². The highest BCUT2D eigenvalue weighted by Gasteiger charge is 2.20. The zero-order chi connectivity index (χ0) is 15.8. The van der Waals surface area contributed by atoms with Gasteiger partial charge in [-0.05, 0) is 24.8 Å². The summed E-state index contributed by atoms with van der Waals surface area (Å²) in [6.07, 6.45) is 5.56. The number of ether oxygens (including phenoxy) is 1. The van der Waals surface area contributed by atoms with Gasteiger partial charge in [0.25, 0.3) is 5.91 Å². The summed E-state index contributed by atoms with van der Waals surface area (Å²) < 4.78 is 5.21. The van der Waals surface area contributed by atoms with Crippen LogP contribution in [0.15, 0.2) is 30.3 Å². The third kappa shape index (κ3) is 5.51. The van der Waals surface area contributed by atoms with Gasteiger partial charge in [-0.25, -0.2) is 0 Å². The summed E-state index contributed by atoms with van der Waals surface area (Å²) in [6, 6.07) is 9.67. The minimum Gasteiger partial charge on any atom is -0.453 e. The van der Waals surface area contributed by atoms with E-state index in [-0.39, 0.29) is 11.9 Å². The largest absolute Gasteiger partial charge is 0.453 e. The van der Waals surface area contributed by atoms with Crippen molar-refractivity contribution in [3.05, 3.63) is 35.9 Å². The van der Waals surface area contributed by atoms with Crippen LogP contribution in [0.3, 0.4) is 0 Å². The number of esters is 1. The quantitative estimate of drug-likeness (QED) is 0.787. The molecule has 0 radical (unpaired) electrons. The predicted molar refractivity (Wildman–Crippen MR) is 85.0 cm³/mol. The van der Waals surface area contributed by atoms with Crippen LogP contribution < -0.4 is 5.32 Å². The normalized spacial score (nSPS) is 16.2. The van der Waals surface area contributed by atoms with E-state index in [2.05, 4.69) is 5.32 Å². The smallest absolute Gasteiger partial charge is 0.306 e. The average molecular weight is 303 g/mol. The topological polar surface area (TPSA) is 55.4 Å². The molecule has 1 amide bonds. The molecule has 1 fully saturated rings. The molecule has 0 saturated heterocycles.